The van der Waals surface area contributed by atoms with Crippen molar-refractivity contribution in [1.29, 1.82) is 0 Å². The summed E-state index contributed by atoms with van der Waals surface area (Å²) >= 11 is 0. The number of carbonyl (C=O) groups is 2. The fraction of sp³-hybridized carbons (Fsp3) is 0.967. The van der Waals surface area contributed by atoms with Crippen LogP contribution in [-0.4, -0.2) is 275 Å². The molecule has 28 nitrogen and oxygen atoms in total. The molecule has 1 spiro atoms. The van der Waals surface area contributed by atoms with Crippen LogP contribution in [0, 0.1) is 50.2 Å². The monoisotopic (exact) mass is 1280 g/mol. The van der Waals surface area contributed by atoms with E-state index in [-0.39, 0.29) is 56.9 Å². The maximum absolute atomic E-state index is 13.4. The van der Waals surface area contributed by atoms with Crippen LogP contribution in [0.5, 0.6) is 0 Å². The van der Waals surface area contributed by atoms with Gasteiger partial charge in [0.15, 0.2) is 37.6 Å². The van der Waals surface area contributed by atoms with Crippen LogP contribution in [0.4, 0.5) is 0 Å². The van der Waals surface area contributed by atoms with Crippen molar-refractivity contribution in [2.24, 2.45) is 50.2 Å². The Labute approximate surface area is 516 Å². The Morgan fingerprint density at radius 1 is 0.539 bits per heavy atom. The number of carbonyl (C=O) groups excluding carboxylic acids is 1. The van der Waals surface area contributed by atoms with E-state index >= 15 is 0 Å². The number of hydrogen-bond donors (Lipinski definition) is 14. The standard InChI is InChI=1S/C61H98O28/c1-25-34(66)38(70)44(88-53-47(74)60(77,22-64)24-78-53)50(80-25)87-45-39(71)36(68)28(21-63)83-51(45)85-42-41(73)43(48(75)76)86-52(46(42)89-49-40(72)37(69)35(67)27(20-62)82-49)84-32-12-13-56(7)29(55(32,5)6)10-14-57(8)30(56)11-15-61-31-18-54(3,4)19-33(81-26(2)65)59(31,23-79-61)17-16-58(57,61)9/h25,27-47,49-53,62-64,66-74,77H,10-24H2,1-9H3,(H,75,76)/t25-,27?,28+,29?,30?,31?,32-,33-,34-,35-,36-,37-,38+,39-,40+,41-,42-,43?,44+,45+,46+,47-,49?,50-,51-,52+,53-,56-,57+,58-,59-,60+,61-/m1/s1. The quantitative estimate of drug-likeness (QED) is 0.0611. The molecule has 6 unspecified atom stereocenters. The van der Waals surface area contributed by atoms with Gasteiger partial charge in [0.2, 0.25) is 0 Å². The summed E-state index contributed by atoms with van der Waals surface area (Å²) in [5.41, 5.74) is -4.47. The molecule has 28 heteroatoms. The Bertz CT molecular complexity index is 2550. The lowest BCUT2D eigenvalue weighted by atomic mass is 9.30. The lowest BCUT2D eigenvalue weighted by Gasteiger charge is -2.75. The highest BCUT2D eigenvalue weighted by atomic mass is 16.8. The van der Waals surface area contributed by atoms with Gasteiger partial charge in [-0.25, -0.2) is 4.79 Å². The molecule has 0 radical (unpaired) electrons. The molecule has 89 heavy (non-hydrogen) atoms. The van der Waals surface area contributed by atoms with Gasteiger partial charge in [-0.15, -0.1) is 0 Å². The van der Waals surface area contributed by atoms with Crippen LogP contribution in [0.3, 0.4) is 0 Å². The van der Waals surface area contributed by atoms with Gasteiger partial charge in [0.25, 0.3) is 0 Å². The fourth-order valence-corrected chi connectivity index (χ4v) is 19.6. The lowest BCUT2D eigenvalue weighted by Crippen LogP contribution is -2.73. The first-order valence-corrected chi connectivity index (χ1v) is 31.9. The zero-order valence-electron chi connectivity index (χ0n) is 52.2. The first kappa shape index (κ1) is 68.4. The maximum Gasteiger partial charge on any atom is 0.335 e. The minimum Gasteiger partial charge on any atom is -0.479 e. The van der Waals surface area contributed by atoms with E-state index in [1.54, 1.807) is 0 Å². The molecule has 0 amide bonds. The molecular weight excluding hydrogens is 1180 g/mol. The summed E-state index contributed by atoms with van der Waals surface area (Å²) in [7, 11) is 0. The molecule has 6 saturated heterocycles. The number of aliphatic hydroxyl groups is 13. The third-order valence-electron chi connectivity index (χ3n) is 24.6. The summed E-state index contributed by atoms with van der Waals surface area (Å²) in [5.74, 6) is -1.61. The molecule has 11 aliphatic rings. The number of carboxylic acid groups (broad SMARTS) is 1. The van der Waals surface area contributed by atoms with Crippen molar-refractivity contribution in [3.8, 4) is 0 Å². The van der Waals surface area contributed by atoms with E-state index in [2.05, 4.69) is 48.5 Å². The summed E-state index contributed by atoms with van der Waals surface area (Å²) < 4.78 is 75.1. The van der Waals surface area contributed by atoms with Gasteiger partial charge in [-0.3, -0.25) is 4.79 Å². The molecule has 14 N–H and O–H groups in total. The molecule has 0 aromatic rings. The van der Waals surface area contributed by atoms with Crippen molar-refractivity contribution < 1.29 is 138 Å². The van der Waals surface area contributed by atoms with E-state index < -0.39 is 190 Å². The van der Waals surface area contributed by atoms with Gasteiger partial charge in [-0.05, 0) is 105 Å². The van der Waals surface area contributed by atoms with Gasteiger partial charge >= 0.3 is 11.9 Å². The van der Waals surface area contributed by atoms with Gasteiger partial charge in [-0.1, -0.05) is 48.5 Å². The fourth-order valence-electron chi connectivity index (χ4n) is 19.6. The van der Waals surface area contributed by atoms with Gasteiger partial charge < -0.3 is 128 Å². The molecule has 0 aromatic carbocycles. The predicted molar refractivity (Wildman–Crippen MR) is 298 cm³/mol. The van der Waals surface area contributed by atoms with Crippen LogP contribution in [0.2, 0.25) is 0 Å². The number of ether oxygens (including phenoxy) is 12. The second-order valence-corrected chi connectivity index (χ2v) is 30.2. The number of fused-ring (bicyclic) bond motifs is 4. The van der Waals surface area contributed by atoms with Crippen molar-refractivity contribution in [2.45, 2.75) is 285 Å². The number of aliphatic hydroxyl groups excluding tert-OH is 12. The van der Waals surface area contributed by atoms with Gasteiger partial charge in [0.1, 0.15) is 103 Å². The smallest absolute Gasteiger partial charge is 0.335 e. The van der Waals surface area contributed by atoms with Crippen molar-refractivity contribution >= 4 is 11.9 Å². The zero-order chi connectivity index (χ0) is 64.8. The molecule has 5 aliphatic carbocycles. The van der Waals surface area contributed by atoms with E-state index in [0.717, 1.165) is 51.4 Å². The minimum absolute atomic E-state index is 0.0154. The molecule has 33 atom stereocenters. The summed E-state index contributed by atoms with van der Waals surface area (Å²) in [4.78, 5) is 26.0. The summed E-state index contributed by atoms with van der Waals surface area (Å²) in [6, 6.07) is 0. The highest BCUT2D eigenvalue weighted by Gasteiger charge is 2.80. The number of esters is 1. The summed E-state index contributed by atoms with van der Waals surface area (Å²) in [6.07, 6.45) is -35.5. The molecule has 0 aromatic heterocycles. The van der Waals surface area contributed by atoms with Crippen LogP contribution in [0.1, 0.15) is 127 Å². The summed E-state index contributed by atoms with van der Waals surface area (Å²) in [6.45, 7) is 15.9. The Morgan fingerprint density at radius 2 is 1.12 bits per heavy atom. The zero-order valence-corrected chi connectivity index (χ0v) is 52.2. The Morgan fingerprint density at radius 3 is 1.75 bits per heavy atom. The van der Waals surface area contributed by atoms with Crippen LogP contribution >= 0.6 is 0 Å². The molecule has 6 aliphatic heterocycles. The van der Waals surface area contributed by atoms with Gasteiger partial charge in [0.05, 0.1) is 50.8 Å². The number of aliphatic carboxylic acids is 1. The second kappa shape index (κ2) is 24.3. The normalized spacial score (nSPS) is 55.1. The van der Waals surface area contributed by atoms with E-state index in [1.165, 1.54) is 13.8 Å². The average molecular weight is 1280 g/mol. The highest BCUT2D eigenvalue weighted by molar-refractivity contribution is 5.73. The Hall–Kier alpha value is -2.02. The summed E-state index contributed by atoms with van der Waals surface area (Å²) in [5, 5.41) is 154. The molecular formula is C61H98O28. The van der Waals surface area contributed by atoms with E-state index in [0.29, 0.717) is 19.4 Å². The molecule has 5 saturated carbocycles. The molecule has 6 heterocycles. The van der Waals surface area contributed by atoms with Crippen LogP contribution < -0.4 is 0 Å². The first-order valence-electron chi connectivity index (χ1n) is 31.9. The first-order chi connectivity index (χ1) is 41.6. The van der Waals surface area contributed by atoms with E-state index in [4.69, 9.17) is 56.8 Å². The molecule has 510 valence electrons. The maximum atomic E-state index is 13.4. The van der Waals surface area contributed by atoms with Crippen LogP contribution in [-0.2, 0) is 66.4 Å². The van der Waals surface area contributed by atoms with Crippen molar-refractivity contribution in [3.63, 3.8) is 0 Å². The lowest BCUT2D eigenvalue weighted by molar-refractivity contribution is -0.409. The van der Waals surface area contributed by atoms with Crippen molar-refractivity contribution in [3.05, 3.63) is 0 Å². The number of hydrogen-bond acceptors (Lipinski definition) is 27. The van der Waals surface area contributed by atoms with Crippen LogP contribution in [0.15, 0.2) is 0 Å². The van der Waals surface area contributed by atoms with E-state index in [9.17, 15) is 81.1 Å². The number of rotatable bonds is 15. The topological polar surface area (TPSA) is 428 Å². The minimum atomic E-state index is -2.30. The third kappa shape index (κ3) is 10.8. The molecule has 11 rings (SSSR count). The molecule has 11 fully saturated rings. The predicted octanol–water partition coefficient (Wildman–Crippen LogP) is -2.20. The van der Waals surface area contributed by atoms with Gasteiger partial charge in [-0.2, -0.15) is 0 Å². The van der Waals surface area contributed by atoms with E-state index in [1.807, 2.05) is 0 Å². The largest absolute Gasteiger partial charge is 0.479 e. The van der Waals surface area contributed by atoms with Crippen molar-refractivity contribution in [2.75, 3.05) is 33.0 Å². The SMILES string of the molecule is CC(=O)O[C@@H]1CC(C)(C)CC2[C@]13CC[C@]1(C)[C@@]4(C)CCC5C(C)(C)[C@H](O[C@H]6OC(C(=O)O)[C@H](O)[C@@H](O[C@H]7O[C@@H](CO)[C@@H](O)[C@@H](O)[C@@H]7O[C@H]7O[C@H](C)[C@@H](O)[C@H](O)[C@@H]7O[C@H]7OC[C@@](O)(CO)[C@@H]7O)[C@@H]6OC6OC(CO)[C@@H](O)[C@@H](O)[C@@H]6O)CC[C@@]5(C)C4CC[C@@]21OC3. The average Bonchev–Trinajstić information content (AvgIpc) is 1.62. The second-order valence-electron chi connectivity index (χ2n) is 30.2. The molecule has 2 bridgehead atoms. The Balaban J connectivity index is 0.904. The van der Waals surface area contributed by atoms with Crippen molar-refractivity contribution in [1.82, 2.24) is 0 Å². The number of carboxylic acids is 1. The highest BCUT2D eigenvalue weighted by Crippen LogP contribution is 2.81. The Kier molecular flexibility index (Phi) is 18.6. The third-order valence-corrected chi connectivity index (χ3v) is 24.6. The van der Waals surface area contributed by atoms with Crippen LogP contribution in [0.25, 0.3) is 0 Å². The van der Waals surface area contributed by atoms with Gasteiger partial charge in [0, 0.05) is 23.7 Å².